The van der Waals surface area contributed by atoms with Gasteiger partial charge in [-0.05, 0) is 116 Å². The van der Waals surface area contributed by atoms with Crippen LogP contribution in [0.5, 0.6) is 0 Å². The molecule has 0 unspecified atom stereocenters. The maximum Gasteiger partial charge on any atom is 0.353 e. The lowest BCUT2D eigenvalue weighted by molar-refractivity contribution is 0.0135. The molecule has 0 aromatic heterocycles. The first-order valence-corrected chi connectivity index (χ1v) is 13.4. The lowest BCUT2D eigenvalue weighted by atomic mass is 9.70. The van der Waals surface area contributed by atoms with Crippen LogP contribution in [-0.2, 0) is 16.5 Å². The van der Waals surface area contributed by atoms with Gasteiger partial charge in [0.2, 0.25) is 0 Å². The molecule has 0 atom stereocenters. The van der Waals surface area contributed by atoms with Crippen LogP contribution < -0.4 is 0 Å². The zero-order valence-corrected chi connectivity index (χ0v) is 21.1. The summed E-state index contributed by atoms with van der Waals surface area (Å²) in [6.07, 6.45) is 12.9. The van der Waals surface area contributed by atoms with Gasteiger partial charge in [0.1, 0.15) is 17.2 Å². The Morgan fingerprint density at radius 1 is 0.829 bits per heavy atom. The van der Waals surface area contributed by atoms with E-state index in [1.807, 2.05) is 12.1 Å². The van der Waals surface area contributed by atoms with Crippen LogP contribution in [0.3, 0.4) is 0 Å². The van der Waals surface area contributed by atoms with Gasteiger partial charge in [-0.1, -0.05) is 37.1 Å². The summed E-state index contributed by atoms with van der Waals surface area (Å²) in [5.41, 5.74) is 0.558. The number of alkyl halides is 3. The Kier molecular flexibility index (Phi) is 8.80. The molecule has 0 heterocycles. The van der Waals surface area contributed by atoms with E-state index in [1.54, 1.807) is 12.1 Å². The molecule has 2 aliphatic carbocycles. The van der Waals surface area contributed by atoms with Crippen LogP contribution in [0.4, 0.5) is 17.6 Å². The van der Waals surface area contributed by atoms with Gasteiger partial charge in [0.15, 0.2) is 0 Å². The van der Waals surface area contributed by atoms with E-state index in [9.17, 15) is 17.6 Å². The molecule has 0 saturated heterocycles. The molecule has 2 aliphatic rings. The molecule has 0 spiro atoms. The van der Waals surface area contributed by atoms with Crippen molar-refractivity contribution in [2.45, 2.75) is 82.6 Å². The van der Waals surface area contributed by atoms with E-state index in [0.717, 1.165) is 49.3 Å². The van der Waals surface area contributed by atoms with Crippen LogP contribution in [0.2, 0.25) is 0 Å². The van der Waals surface area contributed by atoms with Crippen molar-refractivity contribution in [3.63, 3.8) is 0 Å². The van der Waals surface area contributed by atoms with Crippen molar-refractivity contribution in [2.75, 3.05) is 6.61 Å². The largest absolute Gasteiger partial charge is 0.379 e. The van der Waals surface area contributed by atoms with Gasteiger partial charge in [-0.25, -0.2) is 8.78 Å². The molecule has 0 aliphatic heterocycles. The van der Waals surface area contributed by atoms with Gasteiger partial charge in [-0.3, -0.25) is 0 Å². The number of aryl methyl sites for hydroxylation is 1. The van der Waals surface area contributed by atoms with E-state index < -0.39 is 22.6 Å². The van der Waals surface area contributed by atoms with E-state index in [4.69, 9.17) is 16.3 Å². The van der Waals surface area contributed by atoms with Crippen molar-refractivity contribution in [1.82, 2.24) is 0 Å². The summed E-state index contributed by atoms with van der Waals surface area (Å²) in [6, 6.07) is 9.31. The maximum absolute atomic E-state index is 14.1. The zero-order valence-electron chi connectivity index (χ0n) is 20.3. The van der Waals surface area contributed by atoms with Crippen LogP contribution in [0.25, 0.3) is 11.1 Å². The lowest BCUT2D eigenvalue weighted by Gasteiger charge is -2.37. The predicted molar refractivity (Wildman–Crippen MR) is 133 cm³/mol. The fourth-order valence-electron chi connectivity index (χ4n) is 6.16. The molecule has 6 heteroatoms. The van der Waals surface area contributed by atoms with Gasteiger partial charge in [0, 0.05) is 6.61 Å². The van der Waals surface area contributed by atoms with Crippen molar-refractivity contribution >= 4 is 11.6 Å². The minimum atomic E-state index is -4.08. The third kappa shape index (κ3) is 6.80. The van der Waals surface area contributed by atoms with Gasteiger partial charge < -0.3 is 4.74 Å². The second kappa shape index (κ2) is 11.6. The van der Waals surface area contributed by atoms with Gasteiger partial charge in [-0.2, -0.15) is 8.78 Å². The second-order valence-corrected chi connectivity index (χ2v) is 10.8. The molecule has 4 rings (SSSR count). The van der Waals surface area contributed by atoms with Gasteiger partial charge in [0.25, 0.3) is 0 Å². The molecule has 192 valence electrons. The van der Waals surface area contributed by atoms with Crippen LogP contribution >= 0.6 is 11.6 Å². The molecule has 0 N–H and O–H groups in total. The molecule has 0 bridgehead atoms. The molecule has 2 aromatic rings. The highest BCUT2D eigenvalue weighted by molar-refractivity contribution is 6.21. The topological polar surface area (TPSA) is 9.23 Å². The fourth-order valence-corrected chi connectivity index (χ4v) is 6.34. The third-order valence-electron chi connectivity index (χ3n) is 8.13. The van der Waals surface area contributed by atoms with E-state index >= 15 is 0 Å². The monoisotopic (exact) mass is 510 g/mol. The van der Waals surface area contributed by atoms with E-state index in [0.29, 0.717) is 11.7 Å². The number of halogens is 5. The minimum Gasteiger partial charge on any atom is -0.379 e. The van der Waals surface area contributed by atoms with Crippen molar-refractivity contribution in [3.05, 3.63) is 59.2 Å². The molecule has 0 radical (unpaired) electrons. The number of ether oxygens (including phenoxy) is 1. The Morgan fingerprint density at radius 2 is 1.37 bits per heavy atom. The molecule has 1 nitrogen and oxygen atoms in total. The highest BCUT2D eigenvalue weighted by atomic mass is 35.5. The summed E-state index contributed by atoms with van der Waals surface area (Å²) in [6.45, 7) is 2.90. The van der Waals surface area contributed by atoms with Crippen molar-refractivity contribution in [2.24, 2.45) is 17.8 Å². The molecule has 2 saturated carbocycles. The number of hydrogen-bond donors (Lipinski definition) is 0. The Balaban J connectivity index is 1.25. The standard InChI is InChI=1S/C29H35ClF4O/c1-2-35-25-15-13-22(14-16-25)21-9-5-19(6-10-21)3-4-20-7-11-23(12-8-20)24-17-26(31)28(27(32)18-24)29(30,33)34/h7-8,11-12,17-19,21-22,25H,2-6,9-10,13-16H2,1H3. The summed E-state index contributed by atoms with van der Waals surface area (Å²) in [7, 11) is 0. The average molecular weight is 511 g/mol. The Bertz CT molecular complexity index is 933. The average Bonchev–Trinajstić information content (AvgIpc) is 2.83. The molecule has 0 amide bonds. The molecule has 2 aromatic carbocycles. The van der Waals surface area contributed by atoms with Crippen molar-refractivity contribution < 1.29 is 22.3 Å². The maximum atomic E-state index is 14.1. The summed E-state index contributed by atoms with van der Waals surface area (Å²) < 4.78 is 60.4. The SMILES string of the molecule is CCOC1CCC(C2CCC(CCc3ccc(-c4cc(F)c(C(F)(F)Cl)c(F)c4)cc3)CC2)CC1. The van der Waals surface area contributed by atoms with Crippen molar-refractivity contribution in [3.8, 4) is 11.1 Å². The first kappa shape index (κ1) is 26.5. The van der Waals surface area contributed by atoms with E-state index in [2.05, 4.69) is 6.92 Å². The van der Waals surface area contributed by atoms with E-state index in [1.165, 1.54) is 56.9 Å². The Morgan fingerprint density at radius 3 is 1.89 bits per heavy atom. The lowest BCUT2D eigenvalue weighted by Crippen LogP contribution is -2.28. The van der Waals surface area contributed by atoms with Crippen LogP contribution in [0, 0.1) is 29.4 Å². The fraction of sp³-hybridized carbons (Fsp3) is 0.586. The number of rotatable bonds is 8. The second-order valence-electron chi connectivity index (χ2n) is 10.3. The Labute approximate surface area is 211 Å². The summed E-state index contributed by atoms with van der Waals surface area (Å²) in [5.74, 6) is -0.193. The smallest absolute Gasteiger partial charge is 0.353 e. The third-order valence-corrected chi connectivity index (χ3v) is 8.32. The molecule has 35 heavy (non-hydrogen) atoms. The first-order chi connectivity index (χ1) is 16.7. The first-order valence-electron chi connectivity index (χ1n) is 13.0. The molecular weight excluding hydrogens is 476 g/mol. The quantitative estimate of drug-likeness (QED) is 0.254. The highest BCUT2D eigenvalue weighted by Crippen LogP contribution is 2.42. The number of hydrogen-bond acceptors (Lipinski definition) is 1. The summed E-state index contributed by atoms with van der Waals surface area (Å²) in [4.78, 5) is 0. The summed E-state index contributed by atoms with van der Waals surface area (Å²) in [5, 5.41) is -4.08. The van der Waals surface area contributed by atoms with Gasteiger partial charge >= 0.3 is 5.38 Å². The van der Waals surface area contributed by atoms with Gasteiger partial charge in [-0.15, -0.1) is 0 Å². The Hall–Kier alpha value is -1.59. The van der Waals surface area contributed by atoms with Crippen LogP contribution in [-0.4, -0.2) is 12.7 Å². The van der Waals surface area contributed by atoms with Crippen LogP contribution in [0.1, 0.15) is 75.8 Å². The molecular formula is C29H35ClF4O. The predicted octanol–water partition coefficient (Wildman–Crippen LogP) is 9.25. The van der Waals surface area contributed by atoms with Crippen LogP contribution in [0.15, 0.2) is 36.4 Å². The molecule has 2 fully saturated rings. The summed E-state index contributed by atoms with van der Waals surface area (Å²) >= 11 is 4.83. The van der Waals surface area contributed by atoms with Gasteiger partial charge in [0.05, 0.1) is 6.10 Å². The highest BCUT2D eigenvalue weighted by Gasteiger charge is 2.35. The van der Waals surface area contributed by atoms with Crippen molar-refractivity contribution in [1.29, 1.82) is 0 Å². The normalized spacial score (nSPS) is 25.5. The minimum absolute atomic E-state index is 0.213. The zero-order chi connectivity index (χ0) is 25.0. The number of benzene rings is 2. The van der Waals surface area contributed by atoms with E-state index in [-0.39, 0.29) is 5.56 Å².